The summed E-state index contributed by atoms with van der Waals surface area (Å²) >= 11 is 1.83. The number of carbonyl (C=O) groups is 1. The predicted octanol–water partition coefficient (Wildman–Crippen LogP) is 12.5. The number of hydrogen-bond acceptors (Lipinski definition) is 17. The first kappa shape index (κ1) is 69.7. The second-order valence-corrected chi connectivity index (χ2v) is 26.1. The van der Waals surface area contributed by atoms with Gasteiger partial charge in [0.2, 0.25) is 0 Å². The zero-order chi connectivity index (χ0) is 65.8. The minimum Gasteiger partial charge on any atom is -0.508 e. The van der Waals surface area contributed by atoms with E-state index in [1.807, 2.05) is 72.4 Å². The van der Waals surface area contributed by atoms with E-state index in [-0.39, 0.29) is 17.8 Å². The van der Waals surface area contributed by atoms with Gasteiger partial charge in [0.05, 0.1) is 24.2 Å². The van der Waals surface area contributed by atoms with E-state index in [1.165, 1.54) is 71.1 Å². The van der Waals surface area contributed by atoms with Gasteiger partial charge in [-0.3, -0.25) is 19.5 Å². The van der Waals surface area contributed by atoms with Gasteiger partial charge in [-0.1, -0.05) is 105 Å². The van der Waals surface area contributed by atoms with Crippen molar-refractivity contribution in [2.75, 3.05) is 66.0 Å². The number of piperazine rings is 2. The van der Waals surface area contributed by atoms with Gasteiger partial charge >= 0.3 is 5.97 Å². The molecule has 0 radical (unpaired) electrons. The van der Waals surface area contributed by atoms with Crippen molar-refractivity contribution in [2.45, 2.75) is 135 Å². The van der Waals surface area contributed by atoms with Crippen LogP contribution in [0.15, 0.2) is 176 Å². The number of aryl methyl sites for hydroxylation is 6. The van der Waals surface area contributed by atoms with E-state index in [1.54, 1.807) is 24.3 Å². The van der Waals surface area contributed by atoms with Crippen LogP contribution in [0.1, 0.15) is 109 Å². The minimum atomic E-state index is -0.280. The highest BCUT2D eigenvalue weighted by atomic mass is 32.1. The fourth-order valence-electron chi connectivity index (χ4n) is 12.9. The number of piperidine rings is 1. The number of benzene rings is 5. The summed E-state index contributed by atoms with van der Waals surface area (Å²) in [6.07, 6.45) is 19.1. The number of aromatic hydroxyl groups is 2. The molecule has 3 saturated heterocycles. The Bertz CT molecular complexity index is 3740. The molecule has 3 aliphatic heterocycles. The molecule has 3 fully saturated rings. The van der Waals surface area contributed by atoms with Crippen molar-refractivity contribution in [2.24, 2.45) is 0 Å². The third kappa shape index (κ3) is 22.2. The highest BCUT2D eigenvalue weighted by Crippen LogP contribution is 2.26. The summed E-state index contributed by atoms with van der Waals surface area (Å²) in [5.74, 6) is 3.05. The van der Waals surface area contributed by atoms with Gasteiger partial charge in [0.15, 0.2) is 0 Å². The summed E-state index contributed by atoms with van der Waals surface area (Å²) in [6.45, 7) is 16.2. The number of aromatic nitrogens is 6. The Labute approximate surface area is 566 Å². The van der Waals surface area contributed by atoms with Crippen LogP contribution in [0.25, 0.3) is 33.8 Å². The van der Waals surface area contributed by atoms with Crippen LogP contribution in [0.3, 0.4) is 0 Å². The van der Waals surface area contributed by atoms with Gasteiger partial charge in [0.1, 0.15) is 35.0 Å². The number of methoxy groups -OCH3 is 1. The molecular weight excluding hydrogens is 1200 g/mol. The Kier molecular flexibility index (Phi) is 27.3. The fourth-order valence-corrected chi connectivity index (χ4v) is 13.7. The Morgan fingerprint density at radius 2 is 1.12 bits per heavy atom. The molecule has 7 heterocycles. The summed E-state index contributed by atoms with van der Waals surface area (Å²) in [5.41, 5.74) is 12.7. The number of phenolic OH excluding ortho intramolecular Hbond substituents is 2. The normalized spacial score (nSPS) is 16.1. The molecule has 12 rings (SSSR count). The molecule has 2 unspecified atom stereocenters. The second kappa shape index (κ2) is 37.2. The van der Waals surface area contributed by atoms with Crippen molar-refractivity contribution in [3.05, 3.63) is 226 Å². The lowest BCUT2D eigenvalue weighted by Crippen LogP contribution is -2.54. The Balaban J connectivity index is 0.000000155. The van der Waals surface area contributed by atoms with E-state index in [2.05, 4.69) is 150 Å². The van der Waals surface area contributed by atoms with E-state index in [0.717, 1.165) is 175 Å². The topological polar surface area (TPSA) is 190 Å². The van der Waals surface area contributed by atoms with Crippen molar-refractivity contribution < 1.29 is 19.7 Å². The highest BCUT2D eigenvalue weighted by Gasteiger charge is 2.27. The molecule has 5 N–H and O–H groups in total. The number of esters is 1. The van der Waals surface area contributed by atoms with Gasteiger partial charge in [0, 0.05) is 130 Å². The molecule has 16 nitrogen and oxygen atoms in total. The van der Waals surface area contributed by atoms with Crippen LogP contribution < -0.4 is 16.0 Å². The molecule has 95 heavy (non-hydrogen) atoms. The van der Waals surface area contributed by atoms with Crippen LogP contribution in [0, 0.1) is 0 Å². The summed E-state index contributed by atoms with van der Waals surface area (Å²) in [4.78, 5) is 48.8. The minimum absolute atomic E-state index is 0.215. The zero-order valence-electron chi connectivity index (χ0n) is 55.8. The number of carbonyl (C=O) groups excluding carboxylic acids is 1. The fraction of sp³-hybridized carbons (Fsp3) is 0.397. The maximum absolute atomic E-state index is 11.9. The number of hydrogen-bond donors (Lipinski definition) is 5. The molecule has 2 atom stereocenters. The number of thiophene rings is 1. The summed E-state index contributed by atoms with van der Waals surface area (Å²) in [5, 5.41) is 31.2. The van der Waals surface area contributed by atoms with Crippen molar-refractivity contribution in [1.82, 2.24) is 60.6 Å². The van der Waals surface area contributed by atoms with Crippen molar-refractivity contribution in [1.29, 1.82) is 0 Å². The van der Waals surface area contributed by atoms with Crippen LogP contribution >= 0.6 is 11.3 Å². The quantitative estimate of drug-likeness (QED) is 0.0322. The van der Waals surface area contributed by atoms with Crippen LogP contribution in [-0.2, 0) is 67.7 Å². The maximum Gasteiger partial charge on any atom is 0.324 e. The Morgan fingerprint density at radius 1 is 0.579 bits per heavy atom. The molecule has 0 bridgehead atoms. The van der Waals surface area contributed by atoms with Crippen LogP contribution in [-0.4, -0.2) is 145 Å². The first-order valence-corrected chi connectivity index (χ1v) is 35.3. The molecule has 4 aromatic heterocycles. The summed E-state index contributed by atoms with van der Waals surface area (Å²) in [6, 6.07) is 52.2. The highest BCUT2D eigenvalue weighted by molar-refractivity contribution is 7.09. The average molecular weight is 1300 g/mol. The van der Waals surface area contributed by atoms with Gasteiger partial charge in [-0.05, 0) is 177 Å². The monoisotopic (exact) mass is 1300 g/mol. The Morgan fingerprint density at radius 3 is 1.64 bits per heavy atom. The standard InChI is InChI=1S/C27H34N4O.C26H30N4O3.C25H32N4S/c1-2-5-24-19-28-16-17-31(24)20-22-7-3-8-23(18-22)26-14-15-29-27(30-26)9-4-6-21-10-12-25(32)13-11-21;1-33-26(32)24-18-30(15-14-27-24)17-20-5-2-6-21(16-20)23-12-13-28-25(29-23)7-3-4-19-8-10-22(31)11-9-19;1-2-29(22-11-14-26-15-12-22)19-20-6-3-7-21(18-20)24-13-16-27-25(28-24)10-4-8-23-9-5-17-30-23/h3,7-8,10-15,18,24,28,32H,2,4-6,9,16-17,19-20H2,1H3;2,5-6,8-13,16,24,27,31H,3-4,7,14-15,17-18H2,1H3;3,5-7,9,13,16-18,22,26H,2,4,8,10-12,14-15,19H2,1H3. The lowest BCUT2D eigenvalue weighted by Gasteiger charge is -2.36. The smallest absolute Gasteiger partial charge is 0.324 e. The van der Waals surface area contributed by atoms with Crippen LogP contribution in [0.5, 0.6) is 11.5 Å². The molecule has 0 amide bonds. The molecule has 3 aliphatic rings. The lowest BCUT2D eigenvalue weighted by atomic mass is 10.0. The molecule has 498 valence electrons. The molecule has 0 spiro atoms. The molecule has 9 aromatic rings. The summed E-state index contributed by atoms with van der Waals surface area (Å²) < 4.78 is 4.88. The predicted molar refractivity (Wildman–Crippen MR) is 382 cm³/mol. The Hall–Kier alpha value is -8.13. The third-order valence-corrected chi connectivity index (χ3v) is 19.0. The van der Waals surface area contributed by atoms with Crippen molar-refractivity contribution in [3.63, 3.8) is 0 Å². The van der Waals surface area contributed by atoms with E-state index in [9.17, 15) is 15.0 Å². The first-order valence-electron chi connectivity index (χ1n) is 34.4. The number of nitrogens with one attached hydrogen (secondary N) is 3. The summed E-state index contributed by atoms with van der Waals surface area (Å²) in [7, 11) is 1.43. The first-order chi connectivity index (χ1) is 46.6. The second-order valence-electron chi connectivity index (χ2n) is 25.1. The average Bonchev–Trinajstić information content (AvgIpc) is 1.13. The molecule has 17 heteroatoms. The maximum atomic E-state index is 11.9. The van der Waals surface area contributed by atoms with Gasteiger partial charge < -0.3 is 30.9 Å². The number of ether oxygens (including phenoxy) is 1. The van der Waals surface area contributed by atoms with E-state index >= 15 is 0 Å². The number of rotatable bonds is 26. The number of phenols is 2. The van der Waals surface area contributed by atoms with E-state index in [4.69, 9.17) is 19.7 Å². The molecule has 0 aliphatic carbocycles. The van der Waals surface area contributed by atoms with Gasteiger partial charge in [-0.15, -0.1) is 11.3 Å². The van der Waals surface area contributed by atoms with Crippen molar-refractivity contribution >= 4 is 17.3 Å². The largest absolute Gasteiger partial charge is 0.508 e. The van der Waals surface area contributed by atoms with Crippen molar-refractivity contribution in [3.8, 4) is 45.3 Å². The lowest BCUT2D eigenvalue weighted by molar-refractivity contribution is -0.144. The van der Waals surface area contributed by atoms with Gasteiger partial charge in [0.25, 0.3) is 0 Å². The van der Waals surface area contributed by atoms with Crippen LogP contribution in [0.4, 0.5) is 0 Å². The SMILES string of the molecule is CCCC1CNCCN1Cc1cccc(-c2ccnc(CCCc3ccc(O)cc3)n2)c1.CCN(Cc1cccc(-c2ccnc(CCCc3cccs3)n2)c1)C1CCNCC1.COC(=O)C1CN(Cc2cccc(-c3ccnc(CCCc4ccc(O)cc4)n3)c2)CCN1. The zero-order valence-corrected chi connectivity index (χ0v) is 56.6. The van der Waals surface area contributed by atoms with Crippen LogP contribution in [0.2, 0.25) is 0 Å². The van der Waals surface area contributed by atoms with E-state index in [0.29, 0.717) is 24.4 Å². The number of nitrogens with zero attached hydrogens (tertiary/aromatic N) is 9. The molecule has 5 aromatic carbocycles. The van der Waals surface area contributed by atoms with E-state index < -0.39 is 0 Å². The van der Waals surface area contributed by atoms with Gasteiger partial charge in [-0.2, -0.15) is 0 Å². The van der Waals surface area contributed by atoms with Gasteiger partial charge in [-0.25, -0.2) is 29.9 Å². The molecule has 0 saturated carbocycles. The molecular formula is C78H96N12O4S. The third-order valence-electron chi connectivity index (χ3n) is 18.0.